The lowest BCUT2D eigenvalue weighted by Crippen LogP contribution is -2.13. The molecule has 1 unspecified atom stereocenters. The van der Waals surface area contributed by atoms with Gasteiger partial charge in [-0.2, -0.15) is 0 Å². The van der Waals surface area contributed by atoms with Gasteiger partial charge in [0.2, 0.25) is 0 Å². The molecule has 2 aromatic rings. The SMILES string of the molecule is Cc1c(F)cccc1NCC1CSc2ccccc21. The molecule has 3 heteroatoms. The van der Waals surface area contributed by atoms with Crippen LogP contribution >= 0.6 is 11.8 Å². The van der Waals surface area contributed by atoms with E-state index in [2.05, 4.69) is 29.6 Å². The van der Waals surface area contributed by atoms with E-state index in [1.165, 1.54) is 16.5 Å². The van der Waals surface area contributed by atoms with Gasteiger partial charge in [0.05, 0.1) is 0 Å². The van der Waals surface area contributed by atoms with E-state index in [1.807, 2.05) is 24.8 Å². The van der Waals surface area contributed by atoms with E-state index in [9.17, 15) is 4.39 Å². The van der Waals surface area contributed by atoms with Gasteiger partial charge in [-0.15, -0.1) is 11.8 Å². The molecular weight excluding hydrogens is 257 g/mol. The summed E-state index contributed by atoms with van der Waals surface area (Å²) in [5, 5.41) is 3.38. The zero-order valence-electron chi connectivity index (χ0n) is 10.8. The maximum Gasteiger partial charge on any atom is 0.128 e. The number of hydrogen-bond acceptors (Lipinski definition) is 2. The molecule has 2 aromatic carbocycles. The maximum absolute atomic E-state index is 13.5. The molecule has 0 aliphatic carbocycles. The lowest BCUT2D eigenvalue weighted by atomic mass is 10.0. The number of nitrogens with one attached hydrogen (secondary N) is 1. The first-order valence-electron chi connectivity index (χ1n) is 6.46. The first-order chi connectivity index (χ1) is 9.25. The Kier molecular flexibility index (Phi) is 3.47. The molecule has 1 nitrogen and oxygen atoms in total. The fraction of sp³-hybridized carbons (Fsp3) is 0.250. The van der Waals surface area contributed by atoms with Crippen molar-refractivity contribution < 1.29 is 4.39 Å². The van der Waals surface area contributed by atoms with Crippen LogP contribution in [0.4, 0.5) is 10.1 Å². The molecule has 98 valence electrons. The smallest absolute Gasteiger partial charge is 0.128 e. The van der Waals surface area contributed by atoms with Crippen molar-refractivity contribution in [3.8, 4) is 0 Å². The van der Waals surface area contributed by atoms with Crippen LogP contribution in [0.3, 0.4) is 0 Å². The molecule has 0 saturated heterocycles. The first kappa shape index (κ1) is 12.5. The minimum atomic E-state index is -0.147. The van der Waals surface area contributed by atoms with Crippen LogP contribution in [0.25, 0.3) is 0 Å². The third kappa shape index (κ3) is 2.47. The largest absolute Gasteiger partial charge is 0.384 e. The summed E-state index contributed by atoms with van der Waals surface area (Å²) in [6.07, 6.45) is 0. The van der Waals surface area contributed by atoms with Crippen LogP contribution in [0.2, 0.25) is 0 Å². The number of benzene rings is 2. The molecule has 19 heavy (non-hydrogen) atoms. The van der Waals surface area contributed by atoms with Gasteiger partial charge in [-0.05, 0) is 30.7 Å². The highest BCUT2D eigenvalue weighted by molar-refractivity contribution is 7.99. The van der Waals surface area contributed by atoms with Gasteiger partial charge in [-0.3, -0.25) is 0 Å². The van der Waals surface area contributed by atoms with Gasteiger partial charge < -0.3 is 5.32 Å². The third-order valence-electron chi connectivity index (χ3n) is 3.61. The number of fused-ring (bicyclic) bond motifs is 1. The van der Waals surface area contributed by atoms with Crippen LogP contribution in [-0.4, -0.2) is 12.3 Å². The average Bonchev–Trinajstić information content (AvgIpc) is 2.84. The van der Waals surface area contributed by atoms with Crippen molar-refractivity contribution in [1.29, 1.82) is 0 Å². The van der Waals surface area contributed by atoms with E-state index >= 15 is 0 Å². The van der Waals surface area contributed by atoms with Crippen LogP contribution in [0.15, 0.2) is 47.4 Å². The molecule has 0 spiro atoms. The van der Waals surface area contributed by atoms with E-state index in [-0.39, 0.29) is 5.82 Å². The summed E-state index contributed by atoms with van der Waals surface area (Å²) in [5.41, 5.74) is 3.00. The van der Waals surface area contributed by atoms with Gasteiger partial charge in [0.1, 0.15) is 5.82 Å². The Labute approximate surface area is 117 Å². The summed E-state index contributed by atoms with van der Waals surface area (Å²) in [6, 6.07) is 13.7. The zero-order valence-corrected chi connectivity index (χ0v) is 11.6. The minimum Gasteiger partial charge on any atom is -0.384 e. The molecule has 0 fully saturated rings. The Hall–Kier alpha value is -1.48. The summed E-state index contributed by atoms with van der Waals surface area (Å²) in [7, 11) is 0. The van der Waals surface area contributed by atoms with Crippen molar-refractivity contribution in [2.24, 2.45) is 0 Å². The fourth-order valence-corrected chi connectivity index (χ4v) is 3.68. The number of hydrogen-bond donors (Lipinski definition) is 1. The van der Waals surface area contributed by atoms with Gasteiger partial charge in [0.15, 0.2) is 0 Å². The van der Waals surface area contributed by atoms with Gasteiger partial charge in [-0.25, -0.2) is 4.39 Å². The average molecular weight is 273 g/mol. The summed E-state index contributed by atoms with van der Waals surface area (Å²) in [5.74, 6) is 1.45. The Balaban J connectivity index is 1.73. The summed E-state index contributed by atoms with van der Waals surface area (Å²) < 4.78 is 13.5. The molecule has 0 saturated carbocycles. The second-order valence-electron chi connectivity index (χ2n) is 4.84. The molecule has 0 bridgehead atoms. The Morgan fingerprint density at radius 1 is 1.21 bits per heavy atom. The summed E-state index contributed by atoms with van der Waals surface area (Å²) >= 11 is 1.90. The van der Waals surface area contributed by atoms with E-state index in [0.717, 1.165) is 18.0 Å². The summed E-state index contributed by atoms with van der Waals surface area (Å²) in [4.78, 5) is 1.38. The molecule has 1 aliphatic heterocycles. The Morgan fingerprint density at radius 3 is 2.95 bits per heavy atom. The second-order valence-corrected chi connectivity index (χ2v) is 5.90. The van der Waals surface area contributed by atoms with Crippen LogP contribution in [0.5, 0.6) is 0 Å². The zero-order chi connectivity index (χ0) is 13.2. The van der Waals surface area contributed by atoms with E-state index in [4.69, 9.17) is 0 Å². The molecular formula is C16H16FNS. The van der Waals surface area contributed by atoms with Gasteiger partial charge in [0, 0.05) is 34.4 Å². The minimum absolute atomic E-state index is 0.147. The lowest BCUT2D eigenvalue weighted by Gasteiger charge is -2.15. The van der Waals surface area contributed by atoms with Crippen LogP contribution in [0, 0.1) is 12.7 Å². The molecule has 0 radical (unpaired) electrons. The van der Waals surface area contributed by atoms with Crippen molar-refractivity contribution in [2.45, 2.75) is 17.7 Å². The molecule has 1 aliphatic rings. The molecule has 3 rings (SSSR count). The number of thioether (sulfide) groups is 1. The predicted molar refractivity (Wildman–Crippen MR) is 79.5 cm³/mol. The van der Waals surface area contributed by atoms with Crippen molar-refractivity contribution in [3.05, 3.63) is 59.4 Å². The maximum atomic E-state index is 13.5. The highest BCUT2D eigenvalue weighted by Crippen LogP contribution is 2.39. The monoisotopic (exact) mass is 273 g/mol. The third-order valence-corrected chi connectivity index (χ3v) is 4.86. The standard InChI is InChI=1S/C16H16FNS/c1-11-14(17)6-4-7-15(11)18-9-12-10-19-16-8-3-2-5-13(12)16/h2-8,12,18H,9-10H2,1H3. The van der Waals surface area contributed by atoms with Gasteiger partial charge in [-0.1, -0.05) is 24.3 Å². The summed E-state index contributed by atoms with van der Waals surface area (Å²) in [6.45, 7) is 2.67. The normalized spacial score (nSPS) is 17.3. The van der Waals surface area contributed by atoms with Crippen molar-refractivity contribution in [2.75, 3.05) is 17.6 Å². The van der Waals surface area contributed by atoms with Crippen LogP contribution in [0.1, 0.15) is 17.0 Å². The van der Waals surface area contributed by atoms with Crippen molar-refractivity contribution >= 4 is 17.4 Å². The molecule has 0 aromatic heterocycles. The lowest BCUT2D eigenvalue weighted by molar-refractivity contribution is 0.619. The van der Waals surface area contributed by atoms with Gasteiger partial charge in [0.25, 0.3) is 0 Å². The predicted octanol–water partition coefficient (Wildman–Crippen LogP) is 4.44. The fourth-order valence-electron chi connectivity index (χ4n) is 2.43. The quantitative estimate of drug-likeness (QED) is 0.887. The number of rotatable bonds is 3. The first-order valence-corrected chi connectivity index (χ1v) is 7.45. The molecule has 0 amide bonds. The van der Waals surface area contributed by atoms with Crippen LogP contribution in [-0.2, 0) is 0 Å². The highest BCUT2D eigenvalue weighted by atomic mass is 32.2. The Morgan fingerprint density at radius 2 is 2.05 bits per heavy atom. The van der Waals surface area contributed by atoms with Crippen molar-refractivity contribution in [3.63, 3.8) is 0 Å². The van der Waals surface area contributed by atoms with E-state index in [0.29, 0.717) is 11.5 Å². The molecule has 1 N–H and O–H groups in total. The number of halogens is 1. The molecule has 1 atom stereocenters. The number of anilines is 1. The Bertz CT molecular complexity index is 597. The van der Waals surface area contributed by atoms with E-state index < -0.39 is 0 Å². The van der Waals surface area contributed by atoms with Crippen molar-refractivity contribution in [1.82, 2.24) is 0 Å². The highest BCUT2D eigenvalue weighted by Gasteiger charge is 2.22. The van der Waals surface area contributed by atoms with Crippen LogP contribution < -0.4 is 5.32 Å². The topological polar surface area (TPSA) is 12.0 Å². The molecule has 1 heterocycles. The second kappa shape index (κ2) is 5.25. The van der Waals surface area contributed by atoms with E-state index in [1.54, 1.807) is 6.07 Å². The van der Waals surface area contributed by atoms with Gasteiger partial charge >= 0.3 is 0 Å².